The van der Waals surface area contributed by atoms with E-state index in [4.69, 9.17) is 14.5 Å². The van der Waals surface area contributed by atoms with Crippen molar-refractivity contribution in [2.45, 2.75) is 77.3 Å². The second-order valence-corrected chi connectivity index (χ2v) is 9.06. The second kappa shape index (κ2) is 5.41. The highest BCUT2D eigenvalue weighted by atomic mass is 17.2. The molecule has 2 bridgehead atoms. The van der Waals surface area contributed by atoms with Gasteiger partial charge in [-0.05, 0) is 44.4 Å². The zero-order valence-electron chi connectivity index (χ0n) is 15.5. The number of aliphatic hydroxyl groups is 1. The summed E-state index contributed by atoms with van der Waals surface area (Å²) in [5.41, 5.74) is 1.32. The normalized spacial score (nSPS) is 50.9. The fourth-order valence-corrected chi connectivity index (χ4v) is 5.34. The van der Waals surface area contributed by atoms with E-state index < -0.39 is 11.4 Å². The quantitative estimate of drug-likeness (QED) is 0.413. The van der Waals surface area contributed by atoms with Gasteiger partial charge in [0.1, 0.15) is 11.7 Å². The number of carbonyl (C=O) groups is 1. The topological polar surface area (TPSA) is 65.0 Å². The Morgan fingerprint density at radius 1 is 1.24 bits per heavy atom. The Balaban J connectivity index is 1.79. The van der Waals surface area contributed by atoms with Crippen molar-refractivity contribution in [1.82, 2.24) is 0 Å². The molecule has 2 heterocycles. The van der Waals surface area contributed by atoms with Crippen LogP contribution in [0.3, 0.4) is 0 Å². The van der Waals surface area contributed by atoms with E-state index in [0.717, 1.165) is 24.8 Å². The first-order valence-electron chi connectivity index (χ1n) is 9.33. The molecule has 1 saturated carbocycles. The van der Waals surface area contributed by atoms with Crippen LogP contribution in [-0.4, -0.2) is 28.6 Å². The number of esters is 1. The Morgan fingerprint density at radius 2 is 2.00 bits per heavy atom. The number of fused-ring (bicyclic) bond motifs is 2. The SMILES string of the molecule is CC1=C2CC[C@@]3(C)/C=C/[C@]4(C)C[C@](O)(C[C@@H](C)C[C@@H](OC1=O)[C@H]23)OO4. The van der Waals surface area contributed by atoms with Crippen LogP contribution in [0.5, 0.6) is 0 Å². The highest BCUT2D eigenvalue weighted by Gasteiger charge is 2.53. The fraction of sp³-hybridized carbons (Fsp3) is 0.750. The van der Waals surface area contributed by atoms with Crippen molar-refractivity contribution in [2.75, 3.05) is 0 Å². The summed E-state index contributed by atoms with van der Waals surface area (Å²) in [6.07, 6.45) is 7.62. The molecule has 1 saturated heterocycles. The summed E-state index contributed by atoms with van der Waals surface area (Å²) in [5.74, 6) is -1.11. The minimum absolute atomic E-state index is 0.0842. The molecule has 4 rings (SSSR count). The summed E-state index contributed by atoms with van der Waals surface area (Å²) in [5, 5.41) is 10.8. The van der Waals surface area contributed by atoms with Crippen molar-refractivity contribution in [3.63, 3.8) is 0 Å². The molecule has 2 aliphatic heterocycles. The number of hydrogen-bond acceptors (Lipinski definition) is 5. The van der Waals surface area contributed by atoms with E-state index in [-0.39, 0.29) is 29.3 Å². The molecular weight excluding hydrogens is 320 g/mol. The largest absolute Gasteiger partial charge is 0.458 e. The Morgan fingerprint density at radius 3 is 2.76 bits per heavy atom. The van der Waals surface area contributed by atoms with Gasteiger partial charge < -0.3 is 9.84 Å². The maximum absolute atomic E-state index is 12.3. The molecule has 0 aromatic heterocycles. The molecule has 0 spiro atoms. The predicted octanol–water partition coefficient (Wildman–Crippen LogP) is 3.43. The van der Waals surface area contributed by atoms with Crippen LogP contribution in [0.1, 0.15) is 59.8 Å². The van der Waals surface area contributed by atoms with Crippen molar-refractivity contribution in [3.8, 4) is 0 Å². The van der Waals surface area contributed by atoms with Crippen molar-refractivity contribution < 1.29 is 24.4 Å². The van der Waals surface area contributed by atoms with Gasteiger partial charge in [-0.15, -0.1) is 0 Å². The molecule has 25 heavy (non-hydrogen) atoms. The number of hydrogen-bond donors (Lipinski definition) is 1. The monoisotopic (exact) mass is 348 g/mol. The second-order valence-electron chi connectivity index (χ2n) is 9.06. The summed E-state index contributed by atoms with van der Waals surface area (Å²) < 4.78 is 5.85. The summed E-state index contributed by atoms with van der Waals surface area (Å²) >= 11 is 0. The standard InChI is InChI=1S/C20H28O5/c1-12-9-15-16-14(13(2)17(21)23-15)5-6-18(16,3)7-8-19(4)11-20(22,10-12)25-24-19/h7-8,12,15-16,22H,5-6,9-11H2,1-4H3/b8-7+/t12-,15+,16-,18-,19+,20-/m0/s1. The Hall–Kier alpha value is -1.17. The van der Waals surface area contributed by atoms with Gasteiger partial charge in [-0.1, -0.05) is 31.6 Å². The fourth-order valence-electron chi connectivity index (χ4n) is 5.34. The summed E-state index contributed by atoms with van der Waals surface area (Å²) in [4.78, 5) is 23.2. The molecule has 5 nitrogen and oxygen atoms in total. The molecular formula is C20H28O5. The molecule has 0 unspecified atom stereocenters. The molecule has 0 radical (unpaired) electrons. The van der Waals surface area contributed by atoms with Gasteiger partial charge in [-0.25, -0.2) is 14.6 Å². The van der Waals surface area contributed by atoms with Crippen molar-refractivity contribution in [2.24, 2.45) is 17.3 Å². The lowest BCUT2D eigenvalue weighted by Crippen LogP contribution is -2.41. The minimum atomic E-state index is -1.29. The molecule has 0 aromatic rings. The molecule has 5 heteroatoms. The zero-order valence-corrected chi connectivity index (χ0v) is 15.5. The van der Waals surface area contributed by atoms with Gasteiger partial charge in [0.2, 0.25) is 5.79 Å². The summed E-state index contributed by atoms with van der Waals surface area (Å²) in [6, 6.07) is 0. The van der Waals surface area contributed by atoms with Crippen LogP contribution in [0.4, 0.5) is 0 Å². The Kier molecular flexibility index (Phi) is 3.74. The molecule has 0 amide bonds. The average Bonchev–Trinajstić information content (AvgIpc) is 3.01. The molecule has 2 aliphatic carbocycles. The van der Waals surface area contributed by atoms with Crippen LogP contribution in [0.15, 0.2) is 23.3 Å². The molecule has 138 valence electrons. The van der Waals surface area contributed by atoms with Crippen molar-refractivity contribution in [3.05, 3.63) is 23.3 Å². The zero-order chi connectivity index (χ0) is 18.0. The lowest BCUT2D eigenvalue weighted by molar-refractivity contribution is -0.389. The van der Waals surface area contributed by atoms with Crippen molar-refractivity contribution in [1.29, 1.82) is 0 Å². The highest BCUT2D eigenvalue weighted by Crippen LogP contribution is 2.55. The predicted molar refractivity (Wildman–Crippen MR) is 91.1 cm³/mol. The molecule has 0 aromatic carbocycles. The third-order valence-electron chi connectivity index (χ3n) is 6.57. The van der Waals surface area contributed by atoms with E-state index in [1.54, 1.807) is 0 Å². The number of ether oxygens (including phenoxy) is 1. The third kappa shape index (κ3) is 2.77. The van der Waals surface area contributed by atoms with Crippen molar-refractivity contribution >= 4 is 5.97 Å². The van der Waals surface area contributed by atoms with Crippen LogP contribution in [0.2, 0.25) is 0 Å². The number of allylic oxidation sites excluding steroid dienone is 1. The number of carbonyl (C=O) groups excluding carboxylic acids is 1. The molecule has 6 atom stereocenters. The first-order valence-corrected chi connectivity index (χ1v) is 9.33. The lowest BCUT2D eigenvalue weighted by Gasteiger charge is -2.40. The van der Waals surface area contributed by atoms with E-state index in [2.05, 4.69) is 19.9 Å². The Bertz CT molecular complexity index is 667. The van der Waals surface area contributed by atoms with Crippen LogP contribution in [0.25, 0.3) is 0 Å². The van der Waals surface area contributed by atoms with E-state index in [0.29, 0.717) is 12.8 Å². The summed E-state index contributed by atoms with van der Waals surface area (Å²) in [6.45, 7) is 8.16. The highest BCUT2D eigenvalue weighted by molar-refractivity contribution is 5.90. The van der Waals surface area contributed by atoms with Crippen LogP contribution < -0.4 is 0 Å². The van der Waals surface area contributed by atoms with Crippen LogP contribution in [-0.2, 0) is 19.3 Å². The van der Waals surface area contributed by atoms with E-state index in [1.807, 2.05) is 19.9 Å². The van der Waals surface area contributed by atoms with Gasteiger partial charge >= 0.3 is 5.97 Å². The maximum atomic E-state index is 12.3. The first-order chi connectivity index (χ1) is 11.6. The smallest absolute Gasteiger partial charge is 0.333 e. The van der Waals surface area contributed by atoms with E-state index >= 15 is 0 Å². The van der Waals surface area contributed by atoms with Gasteiger partial charge in [0.25, 0.3) is 0 Å². The van der Waals surface area contributed by atoms with Gasteiger partial charge in [0.15, 0.2) is 0 Å². The van der Waals surface area contributed by atoms with E-state index in [1.165, 1.54) is 5.57 Å². The third-order valence-corrected chi connectivity index (χ3v) is 6.57. The minimum Gasteiger partial charge on any atom is -0.458 e. The lowest BCUT2D eigenvalue weighted by atomic mass is 9.71. The molecule has 2 fully saturated rings. The van der Waals surface area contributed by atoms with Gasteiger partial charge in [0, 0.05) is 24.3 Å². The number of rotatable bonds is 0. The van der Waals surface area contributed by atoms with E-state index in [9.17, 15) is 9.90 Å². The molecule has 4 aliphatic rings. The van der Waals surface area contributed by atoms with Crippen LogP contribution in [0, 0.1) is 17.3 Å². The maximum Gasteiger partial charge on any atom is 0.333 e. The first kappa shape index (κ1) is 17.3. The molecule has 1 N–H and O–H groups in total. The average molecular weight is 348 g/mol. The Labute approximate surface area is 148 Å². The van der Waals surface area contributed by atoms with Gasteiger partial charge in [0.05, 0.1) is 0 Å². The van der Waals surface area contributed by atoms with Crippen LogP contribution >= 0.6 is 0 Å². The van der Waals surface area contributed by atoms with Gasteiger partial charge in [-0.3, -0.25) is 0 Å². The van der Waals surface area contributed by atoms with Gasteiger partial charge in [-0.2, -0.15) is 0 Å². The summed E-state index contributed by atoms with van der Waals surface area (Å²) in [7, 11) is 0.